The van der Waals surface area contributed by atoms with Gasteiger partial charge in [-0.1, -0.05) is 29.8 Å². The molecule has 0 saturated carbocycles. The topological polar surface area (TPSA) is 117 Å². The molecule has 12 nitrogen and oxygen atoms in total. The van der Waals surface area contributed by atoms with Crippen LogP contribution in [0.1, 0.15) is 43.2 Å². The zero-order valence-corrected chi connectivity index (χ0v) is 29.0. The number of carbonyl (C=O) groups is 3. The highest BCUT2D eigenvalue weighted by atomic mass is 35.5. The molecule has 0 radical (unpaired) electrons. The number of fused-ring (bicyclic) bond motifs is 2. The van der Waals surface area contributed by atoms with Crippen LogP contribution in [0.25, 0.3) is 10.9 Å². The summed E-state index contributed by atoms with van der Waals surface area (Å²) >= 11 is 6.56. The van der Waals surface area contributed by atoms with Gasteiger partial charge in [0.15, 0.2) is 6.10 Å². The second-order valence-electron chi connectivity index (χ2n) is 14.0. The van der Waals surface area contributed by atoms with Gasteiger partial charge in [-0.3, -0.25) is 14.8 Å². The molecule has 4 aliphatic rings. The standard InChI is InChI=1S/C36H47ClN8O4/c1-41-12-4-13-42(20-19-41)28-8-14-43(15-9-28)34(46)32(23-25-21-27-24-38-40-33(27)30(37)22-25)49-36(48)44-16-10-29(11-17-44)45-18-7-26-5-2-3-6-31(26)39-35(45)47/h2-3,5-6,21-22,24,28-29,32H,4,7-20,23H2,1H3,(H,38,40)(H,39,47)/t32-/m1/s1. The molecule has 1 atom stereocenters. The van der Waals surface area contributed by atoms with Crippen LogP contribution >= 0.6 is 11.6 Å². The SMILES string of the molecule is CN1CCCN(C2CCN(C(=O)[C@@H](Cc3cc(Cl)c4[nH]ncc4c3)OC(=O)N3CCC(N4CCc5ccccc5NC4=O)CC3)CC2)CC1. The molecule has 262 valence electrons. The number of ether oxygens (including phenoxy) is 1. The van der Waals surface area contributed by atoms with Crippen LogP contribution in [-0.4, -0.2) is 137 Å². The Bertz CT molecular complexity index is 1650. The van der Waals surface area contributed by atoms with Gasteiger partial charge in [0.05, 0.1) is 16.7 Å². The van der Waals surface area contributed by atoms with E-state index in [0.717, 1.165) is 79.6 Å². The minimum atomic E-state index is -0.982. The zero-order valence-electron chi connectivity index (χ0n) is 28.3. The smallest absolute Gasteiger partial charge is 0.410 e. The third-order valence-electron chi connectivity index (χ3n) is 10.9. The first kappa shape index (κ1) is 33.6. The molecule has 3 saturated heterocycles. The molecule has 0 aliphatic carbocycles. The van der Waals surface area contributed by atoms with Gasteiger partial charge in [-0.2, -0.15) is 5.10 Å². The number of anilines is 1. The Morgan fingerprint density at radius 3 is 2.51 bits per heavy atom. The first-order valence-electron chi connectivity index (χ1n) is 17.8. The number of rotatable bonds is 6. The van der Waals surface area contributed by atoms with Crippen LogP contribution in [0.5, 0.6) is 0 Å². The summed E-state index contributed by atoms with van der Waals surface area (Å²) in [6.07, 6.45) is 5.48. The second kappa shape index (κ2) is 14.9. The third-order valence-corrected chi connectivity index (χ3v) is 11.2. The molecule has 3 aromatic rings. The van der Waals surface area contributed by atoms with Crippen molar-refractivity contribution in [2.75, 3.05) is 71.3 Å². The van der Waals surface area contributed by atoms with E-state index < -0.39 is 12.2 Å². The number of urea groups is 1. The van der Waals surface area contributed by atoms with E-state index in [1.54, 1.807) is 11.1 Å². The zero-order chi connectivity index (χ0) is 33.9. The lowest BCUT2D eigenvalue weighted by Gasteiger charge is -2.40. The minimum absolute atomic E-state index is 0.0190. The van der Waals surface area contributed by atoms with E-state index in [0.29, 0.717) is 56.6 Å². The Hall–Kier alpha value is -3.87. The normalized spacial score (nSPS) is 21.2. The average molecular weight is 691 g/mol. The summed E-state index contributed by atoms with van der Waals surface area (Å²) in [6, 6.07) is 12.0. The quantitative estimate of drug-likeness (QED) is 0.393. The van der Waals surface area contributed by atoms with Crippen LogP contribution in [0.3, 0.4) is 0 Å². The van der Waals surface area contributed by atoms with Crippen molar-refractivity contribution >= 4 is 46.2 Å². The average Bonchev–Trinajstić information content (AvgIpc) is 3.40. The molecule has 2 N–H and O–H groups in total. The molecule has 0 unspecified atom stereocenters. The lowest BCUT2D eigenvalue weighted by Crippen LogP contribution is -2.52. The number of hydrogen-bond donors (Lipinski definition) is 2. The molecular weight excluding hydrogens is 644 g/mol. The number of halogens is 1. The fraction of sp³-hybridized carbons (Fsp3) is 0.556. The highest BCUT2D eigenvalue weighted by Crippen LogP contribution is 2.28. The van der Waals surface area contributed by atoms with Gasteiger partial charge in [-0.25, -0.2) is 9.59 Å². The number of aromatic nitrogens is 2. The van der Waals surface area contributed by atoms with Crippen molar-refractivity contribution in [3.8, 4) is 0 Å². The molecular formula is C36H47ClN8O4. The highest BCUT2D eigenvalue weighted by Gasteiger charge is 2.36. The summed E-state index contributed by atoms with van der Waals surface area (Å²) in [5, 5.41) is 11.4. The molecule has 5 heterocycles. The lowest BCUT2D eigenvalue weighted by atomic mass is 10.0. The molecule has 4 amide bonds. The molecule has 2 aromatic carbocycles. The van der Waals surface area contributed by atoms with Crippen molar-refractivity contribution in [1.29, 1.82) is 0 Å². The van der Waals surface area contributed by atoms with E-state index in [9.17, 15) is 14.4 Å². The van der Waals surface area contributed by atoms with Gasteiger partial charge in [0.1, 0.15) is 0 Å². The molecule has 7 rings (SSSR count). The van der Waals surface area contributed by atoms with Crippen LogP contribution in [0.15, 0.2) is 42.6 Å². The molecule has 1 aromatic heterocycles. The highest BCUT2D eigenvalue weighted by molar-refractivity contribution is 6.35. The Labute approximate surface area is 292 Å². The van der Waals surface area contributed by atoms with Gasteiger partial charge in [-0.15, -0.1) is 0 Å². The van der Waals surface area contributed by atoms with Crippen molar-refractivity contribution in [2.45, 2.75) is 63.1 Å². The fourth-order valence-electron chi connectivity index (χ4n) is 7.96. The Kier molecular flexibility index (Phi) is 10.2. The fourth-order valence-corrected chi connectivity index (χ4v) is 8.26. The summed E-state index contributed by atoms with van der Waals surface area (Å²) in [5.74, 6) is -0.165. The van der Waals surface area contributed by atoms with Crippen molar-refractivity contribution in [3.63, 3.8) is 0 Å². The number of hydrogen-bond acceptors (Lipinski definition) is 7. The Morgan fingerprint density at radius 1 is 0.939 bits per heavy atom. The van der Waals surface area contributed by atoms with Gasteiger partial charge < -0.3 is 29.7 Å². The van der Waals surface area contributed by atoms with Gasteiger partial charge in [-0.05, 0) is 88.0 Å². The van der Waals surface area contributed by atoms with Crippen LogP contribution in [-0.2, 0) is 22.4 Å². The summed E-state index contributed by atoms with van der Waals surface area (Å²) in [4.78, 5) is 51.3. The maximum Gasteiger partial charge on any atom is 0.410 e. The van der Waals surface area contributed by atoms with Gasteiger partial charge in [0.25, 0.3) is 5.91 Å². The second-order valence-corrected chi connectivity index (χ2v) is 14.4. The predicted octanol–water partition coefficient (Wildman–Crippen LogP) is 4.45. The summed E-state index contributed by atoms with van der Waals surface area (Å²) in [6.45, 7) is 7.13. The molecule has 0 spiro atoms. The monoisotopic (exact) mass is 690 g/mol. The first-order chi connectivity index (χ1) is 23.8. The van der Waals surface area contributed by atoms with E-state index in [1.165, 1.54) is 0 Å². The minimum Gasteiger partial charge on any atom is -0.436 e. The number of benzene rings is 2. The van der Waals surface area contributed by atoms with E-state index in [2.05, 4.69) is 32.4 Å². The van der Waals surface area contributed by atoms with Gasteiger partial charge in [0.2, 0.25) is 0 Å². The lowest BCUT2D eigenvalue weighted by molar-refractivity contribution is -0.142. The summed E-state index contributed by atoms with van der Waals surface area (Å²) in [7, 11) is 2.18. The predicted molar refractivity (Wildman–Crippen MR) is 189 cm³/mol. The van der Waals surface area contributed by atoms with E-state index in [-0.39, 0.29) is 24.4 Å². The number of carbonyl (C=O) groups excluding carboxylic acids is 3. The van der Waals surface area contributed by atoms with Crippen LogP contribution < -0.4 is 5.32 Å². The molecule has 0 bridgehead atoms. The largest absolute Gasteiger partial charge is 0.436 e. The Morgan fingerprint density at radius 2 is 1.69 bits per heavy atom. The van der Waals surface area contributed by atoms with Crippen molar-refractivity contribution < 1.29 is 19.1 Å². The van der Waals surface area contributed by atoms with Crippen molar-refractivity contribution in [2.24, 2.45) is 0 Å². The molecule has 4 aliphatic heterocycles. The number of nitrogens with zero attached hydrogens (tertiary/aromatic N) is 6. The Balaban J connectivity index is 0.996. The van der Waals surface area contributed by atoms with Crippen LogP contribution in [0.4, 0.5) is 15.3 Å². The number of nitrogens with one attached hydrogen (secondary N) is 2. The number of likely N-dealkylation sites (tertiary alicyclic amines) is 2. The number of para-hydroxylation sites is 1. The number of aromatic amines is 1. The van der Waals surface area contributed by atoms with Gasteiger partial charge in [0, 0.05) is 75.4 Å². The number of piperidine rings is 2. The summed E-state index contributed by atoms with van der Waals surface area (Å²) < 4.78 is 6.10. The molecule has 49 heavy (non-hydrogen) atoms. The van der Waals surface area contributed by atoms with Gasteiger partial charge >= 0.3 is 12.1 Å². The van der Waals surface area contributed by atoms with E-state index in [4.69, 9.17) is 16.3 Å². The third kappa shape index (κ3) is 7.66. The van der Waals surface area contributed by atoms with E-state index in [1.807, 2.05) is 46.2 Å². The number of amides is 4. The van der Waals surface area contributed by atoms with Crippen LogP contribution in [0, 0.1) is 0 Å². The molecule has 3 fully saturated rings. The van der Waals surface area contributed by atoms with Crippen molar-refractivity contribution in [3.05, 3.63) is 58.7 Å². The maximum atomic E-state index is 14.1. The van der Waals surface area contributed by atoms with E-state index >= 15 is 0 Å². The first-order valence-corrected chi connectivity index (χ1v) is 18.1. The summed E-state index contributed by atoms with van der Waals surface area (Å²) in [5.41, 5.74) is 3.53. The number of likely N-dealkylation sites (N-methyl/N-ethyl adjacent to an activating group) is 1. The molecule has 13 heteroatoms. The number of H-pyrrole nitrogens is 1. The van der Waals surface area contributed by atoms with Crippen molar-refractivity contribution in [1.82, 2.24) is 34.7 Å². The maximum absolute atomic E-state index is 14.1. The van der Waals surface area contributed by atoms with Crippen LogP contribution in [0.2, 0.25) is 5.02 Å².